The van der Waals surface area contributed by atoms with Crippen LogP contribution in [0.3, 0.4) is 0 Å². The number of carbonyl (C=O) groups is 1. The van der Waals surface area contributed by atoms with E-state index >= 15 is 0 Å². The Morgan fingerprint density at radius 2 is 2.18 bits per heavy atom. The molecule has 1 amide bonds. The first-order valence-corrected chi connectivity index (χ1v) is 5.74. The van der Waals surface area contributed by atoms with Gasteiger partial charge in [-0.2, -0.15) is 5.26 Å². The van der Waals surface area contributed by atoms with Crippen molar-refractivity contribution in [1.29, 1.82) is 5.26 Å². The first-order chi connectivity index (χ1) is 8.07. The molecule has 0 aromatic carbocycles. The predicted molar refractivity (Wildman–Crippen MR) is 64.2 cm³/mol. The van der Waals surface area contributed by atoms with Crippen molar-refractivity contribution in [1.82, 2.24) is 4.98 Å². The van der Waals surface area contributed by atoms with E-state index in [2.05, 4.69) is 16.4 Å². The minimum absolute atomic E-state index is 0.194. The maximum absolute atomic E-state index is 12.0. The standard InChI is InChI=1S/C13H15N3O/c1-9-4-5-11(10(2)15-9)16-12(17)13(8-14)6-3-7-13/h4-5H,3,6-7H2,1-2H3,(H,16,17). The molecule has 0 bridgehead atoms. The molecule has 0 saturated heterocycles. The molecule has 0 unspecified atom stereocenters. The largest absolute Gasteiger partial charge is 0.323 e. The number of aromatic nitrogens is 1. The Morgan fingerprint density at radius 3 is 2.65 bits per heavy atom. The van der Waals surface area contributed by atoms with E-state index in [0.717, 1.165) is 17.8 Å². The zero-order valence-corrected chi connectivity index (χ0v) is 10.1. The Bertz CT molecular complexity index is 498. The van der Waals surface area contributed by atoms with Crippen LogP contribution < -0.4 is 5.32 Å². The number of aryl methyl sites for hydroxylation is 2. The number of pyridine rings is 1. The van der Waals surface area contributed by atoms with Crippen molar-refractivity contribution in [2.24, 2.45) is 5.41 Å². The second kappa shape index (κ2) is 4.17. The van der Waals surface area contributed by atoms with Crippen molar-refractivity contribution in [3.63, 3.8) is 0 Å². The van der Waals surface area contributed by atoms with Gasteiger partial charge in [0.1, 0.15) is 5.41 Å². The van der Waals surface area contributed by atoms with Gasteiger partial charge in [0.25, 0.3) is 0 Å². The summed E-state index contributed by atoms with van der Waals surface area (Å²) >= 11 is 0. The van der Waals surface area contributed by atoms with Crippen molar-refractivity contribution >= 4 is 11.6 Å². The molecule has 1 saturated carbocycles. The van der Waals surface area contributed by atoms with E-state index in [0.29, 0.717) is 18.5 Å². The third-order valence-electron chi connectivity index (χ3n) is 3.33. The highest BCUT2D eigenvalue weighted by molar-refractivity contribution is 5.98. The second-order valence-electron chi connectivity index (χ2n) is 4.59. The number of anilines is 1. The Labute approximate surface area is 101 Å². The zero-order valence-electron chi connectivity index (χ0n) is 10.1. The maximum Gasteiger partial charge on any atom is 0.244 e. The highest BCUT2D eigenvalue weighted by Crippen LogP contribution is 2.41. The quantitative estimate of drug-likeness (QED) is 0.846. The lowest BCUT2D eigenvalue weighted by molar-refractivity contribution is -0.126. The number of amides is 1. The van der Waals surface area contributed by atoms with Crippen LogP contribution in [0.25, 0.3) is 0 Å². The summed E-state index contributed by atoms with van der Waals surface area (Å²) in [7, 11) is 0. The monoisotopic (exact) mass is 229 g/mol. The van der Waals surface area contributed by atoms with Crippen LogP contribution in [0.15, 0.2) is 12.1 Å². The smallest absolute Gasteiger partial charge is 0.244 e. The van der Waals surface area contributed by atoms with E-state index in [1.54, 1.807) is 0 Å². The maximum atomic E-state index is 12.0. The summed E-state index contributed by atoms with van der Waals surface area (Å²) in [5.74, 6) is -0.194. The van der Waals surface area contributed by atoms with Gasteiger partial charge in [-0.3, -0.25) is 9.78 Å². The average molecular weight is 229 g/mol. The van der Waals surface area contributed by atoms with Gasteiger partial charge in [-0.1, -0.05) is 0 Å². The average Bonchev–Trinajstić information content (AvgIpc) is 2.21. The SMILES string of the molecule is Cc1ccc(NC(=O)C2(C#N)CCC2)c(C)n1. The van der Waals surface area contributed by atoms with Crippen molar-refractivity contribution in [2.45, 2.75) is 33.1 Å². The molecular formula is C13H15N3O. The lowest BCUT2D eigenvalue weighted by Gasteiger charge is -2.33. The molecule has 4 heteroatoms. The fourth-order valence-corrected chi connectivity index (χ4v) is 1.98. The third-order valence-corrected chi connectivity index (χ3v) is 3.33. The van der Waals surface area contributed by atoms with Crippen LogP contribution in [0.1, 0.15) is 30.7 Å². The Morgan fingerprint density at radius 1 is 1.47 bits per heavy atom. The molecule has 0 aliphatic heterocycles. The van der Waals surface area contributed by atoms with Gasteiger partial charge in [0.15, 0.2) is 0 Å². The molecule has 0 radical (unpaired) electrons. The molecule has 1 aromatic heterocycles. The number of hydrogen-bond donors (Lipinski definition) is 1. The molecule has 1 aromatic rings. The first kappa shape index (κ1) is 11.6. The second-order valence-corrected chi connectivity index (χ2v) is 4.59. The van der Waals surface area contributed by atoms with Crippen LogP contribution in [0.5, 0.6) is 0 Å². The van der Waals surface area contributed by atoms with E-state index in [-0.39, 0.29) is 5.91 Å². The van der Waals surface area contributed by atoms with Gasteiger partial charge in [0.05, 0.1) is 17.5 Å². The van der Waals surface area contributed by atoms with Crippen LogP contribution in [-0.4, -0.2) is 10.9 Å². The van der Waals surface area contributed by atoms with Crippen LogP contribution >= 0.6 is 0 Å². The summed E-state index contributed by atoms with van der Waals surface area (Å²) in [6, 6.07) is 5.82. The summed E-state index contributed by atoms with van der Waals surface area (Å²) in [5.41, 5.74) is 1.59. The lowest BCUT2D eigenvalue weighted by Crippen LogP contribution is -2.40. The lowest BCUT2D eigenvalue weighted by atomic mass is 9.69. The van der Waals surface area contributed by atoms with E-state index in [1.807, 2.05) is 26.0 Å². The topological polar surface area (TPSA) is 65.8 Å². The normalized spacial score (nSPS) is 16.8. The summed E-state index contributed by atoms with van der Waals surface area (Å²) < 4.78 is 0. The fourth-order valence-electron chi connectivity index (χ4n) is 1.98. The molecule has 1 fully saturated rings. The molecule has 4 nitrogen and oxygen atoms in total. The van der Waals surface area contributed by atoms with Gasteiger partial charge >= 0.3 is 0 Å². The summed E-state index contributed by atoms with van der Waals surface area (Å²) in [5, 5.41) is 11.9. The van der Waals surface area contributed by atoms with Crippen LogP contribution in [0.4, 0.5) is 5.69 Å². The Balaban J connectivity index is 2.16. The molecule has 1 aliphatic rings. The highest BCUT2D eigenvalue weighted by Gasteiger charge is 2.44. The number of nitrogens with zero attached hydrogens (tertiary/aromatic N) is 2. The van der Waals surface area contributed by atoms with E-state index < -0.39 is 5.41 Å². The van der Waals surface area contributed by atoms with Gasteiger partial charge < -0.3 is 5.32 Å². The van der Waals surface area contributed by atoms with Crippen LogP contribution in [0, 0.1) is 30.6 Å². The number of carbonyl (C=O) groups excluding carboxylic acids is 1. The third kappa shape index (κ3) is 2.01. The molecule has 0 spiro atoms. The molecule has 88 valence electrons. The van der Waals surface area contributed by atoms with Gasteiger partial charge in [-0.05, 0) is 45.2 Å². The van der Waals surface area contributed by atoms with E-state index in [4.69, 9.17) is 5.26 Å². The van der Waals surface area contributed by atoms with Gasteiger partial charge in [-0.25, -0.2) is 0 Å². The van der Waals surface area contributed by atoms with Crippen molar-refractivity contribution in [2.75, 3.05) is 5.32 Å². The summed E-state index contributed by atoms with van der Waals surface area (Å²) in [6.45, 7) is 3.75. The molecule has 1 N–H and O–H groups in total. The molecule has 1 heterocycles. The zero-order chi connectivity index (χ0) is 12.5. The van der Waals surface area contributed by atoms with Crippen LogP contribution in [-0.2, 0) is 4.79 Å². The highest BCUT2D eigenvalue weighted by atomic mass is 16.2. The van der Waals surface area contributed by atoms with Gasteiger partial charge in [0, 0.05) is 5.69 Å². The molecular weight excluding hydrogens is 214 g/mol. The number of rotatable bonds is 2. The molecule has 0 atom stereocenters. The van der Waals surface area contributed by atoms with Gasteiger partial charge in [-0.15, -0.1) is 0 Å². The molecule has 2 rings (SSSR count). The van der Waals surface area contributed by atoms with E-state index in [9.17, 15) is 4.79 Å². The first-order valence-electron chi connectivity index (χ1n) is 5.74. The van der Waals surface area contributed by atoms with Gasteiger partial charge in [0.2, 0.25) is 5.91 Å². The summed E-state index contributed by atoms with van der Waals surface area (Å²) in [6.07, 6.45) is 2.27. The molecule has 17 heavy (non-hydrogen) atoms. The fraction of sp³-hybridized carbons (Fsp3) is 0.462. The number of nitriles is 1. The molecule has 1 aliphatic carbocycles. The Kier molecular flexibility index (Phi) is 2.84. The Hall–Kier alpha value is -1.89. The summed E-state index contributed by atoms with van der Waals surface area (Å²) in [4.78, 5) is 16.3. The number of nitrogens with one attached hydrogen (secondary N) is 1. The van der Waals surface area contributed by atoms with Crippen molar-refractivity contribution in [3.05, 3.63) is 23.5 Å². The van der Waals surface area contributed by atoms with E-state index in [1.165, 1.54) is 0 Å². The minimum Gasteiger partial charge on any atom is -0.323 e. The van der Waals surface area contributed by atoms with Crippen molar-refractivity contribution in [3.8, 4) is 6.07 Å². The minimum atomic E-state index is -0.808. The van der Waals surface area contributed by atoms with Crippen LogP contribution in [0.2, 0.25) is 0 Å². The van der Waals surface area contributed by atoms with Crippen molar-refractivity contribution < 1.29 is 4.79 Å². The number of hydrogen-bond acceptors (Lipinski definition) is 3. The predicted octanol–water partition coefficient (Wildman–Crippen LogP) is 2.33.